The molecule has 0 aliphatic rings. The van der Waals surface area contributed by atoms with E-state index in [9.17, 15) is 4.39 Å². The second kappa shape index (κ2) is 10.7. The van der Waals surface area contributed by atoms with E-state index in [-0.39, 0.29) is 6.67 Å². The first kappa shape index (κ1) is 24.5. The quantitative estimate of drug-likeness (QED) is 0.315. The molecule has 0 fully saturated rings. The number of hydrogen-bond donors (Lipinski definition) is 2. The first-order chi connectivity index (χ1) is 16.9. The molecule has 1 aromatic carbocycles. The van der Waals surface area contributed by atoms with Gasteiger partial charge < -0.3 is 25.6 Å². The Morgan fingerprint density at radius 1 is 1.17 bits per heavy atom. The molecule has 3 aromatic heterocycles. The SMILES string of the molecule is COc1cc(N(C)CCN(C)CCF)c(N)cc1Nc1ncc(Cl)c(-c2cnn3ccccc23)n1. The lowest BCUT2D eigenvalue weighted by atomic mass is 10.2. The second-order valence-corrected chi connectivity index (χ2v) is 8.54. The molecule has 0 saturated carbocycles. The topological polar surface area (TPSA) is 96.8 Å². The highest BCUT2D eigenvalue weighted by Crippen LogP contribution is 2.37. The maximum Gasteiger partial charge on any atom is 0.227 e. The molecular weight excluding hydrogens is 471 g/mol. The Morgan fingerprint density at radius 2 is 2.00 bits per heavy atom. The highest BCUT2D eigenvalue weighted by molar-refractivity contribution is 6.33. The molecule has 0 amide bonds. The van der Waals surface area contributed by atoms with Gasteiger partial charge in [-0.3, -0.25) is 0 Å². The molecule has 0 aliphatic carbocycles. The Hall–Kier alpha value is -3.63. The van der Waals surface area contributed by atoms with Crippen LogP contribution in [0.4, 0.5) is 27.4 Å². The number of ether oxygens (including phenoxy) is 1. The van der Waals surface area contributed by atoms with E-state index in [2.05, 4.69) is 20.4 Å². The summed E-state index contributed by atoms with van der Waals surface area (Å²) in [5.41, 5.74) is 10.6. The summed E-state index contributed by atoms with van der Waals surface area (Å²) in [5, 5.41) is 7.97. The van der Waals surface area contributed by atoms with Gasteiger partial charge in [0.15, 0.2) is 0 Å². The Bertz CT molecular complexity index is 1310. The number of nitrogens with one attached hydrogen (secondary N) is 1. The highest BCUT2D eigenvalue weighted by atomic mass is 35.5. The van der Waals surface area contributed by atoms with Gasteiger partial charge in [-0.15, -0.1) is 0 Å². The van der Waals surface area contributed by atoms with Gasteiger partial charge in [-0.1, -0.05) is 17.7 Å². The third kappa shape index (κ3) is 5.39. The Morgan fingerprint density at radius 3 is 2.77 bits per heavy atom. The molecule has 0 bridgehead atoms. The molecule has 0 unspecified atom stereocenters. The summed E-state index contributed by atoms with van der Waals surface area (Å²) in [6.07, 6.45) is 5.13. The van der Waals surface area contributed by atoms with E-state index in [0.717, 1.165) is 16.8 Å². The Labute approximate surface area is 208 Å². The Kier molecular flexibility index (Phi) is 7.52. The van der Waals surface area contributed by atoms with E-state index < -0.39 is 0 Å². The van der Waals surface area contributed by atoms with E-state index in [4.69, 9.17) is 22.1 Å². The lowest BCUT2D eigenvalue weighted by molar-refractivity contribution is 0.300. The summed E-state index contributed by atoms with van der Waals surface area (Å²) in [6.45, 7) is 1.41. The van der Waals surface area contributed by atoms with E-state index in [1.54, 1.807) is 30.1 Å². The molecule has 3 heterocycles. The monoisotopic (exact) mass is 498 g/mol. The summed E-state index contributed by atoms with van der Waals surface area (Å²) in [4.78, 5) is 12.9. The zero-order valence-corrected chi connectivity index (χ0v) is 20.6. The molecule has 3 N–H and O–H groups in total. The van der Waals surface area contributed by atoms with Crippen LogP contribution in [0.5, 0.6) is 5.75 Å². The van der Waals surface area contributed by atoms with Gasteiger partial charge in [0.2, 0.25) is 5.95 Å². The fraction of sp³-hybridized carbons (Fsp3) is 0.292. The van der Waals surface area contributed by atoms with Crippen LogP contribution in [0.1, 0.15) is 0 Å². The highest BCUT2D eigenvalue weighted by Gasteiger charge is 2.16. The van der Waals surface area contributed by atoms with E-state index >= 15 is 0 Å². The summed E-state index contributed by atoms with van der Waals surface area (Å²) in [5.74, 6) is 0.917. The fourth-order valence-electron chi connectivity index (χ4n) is 3.73. The molecule has 9 nitrogen and oxygen atoms in total. The number of fused-ring (bicyclic) bond motifs is 1. The first-order valence-electron chi connectivity index (χ1n) is 11.1. The van der Waals surface area contributed by atoms with Crippen molar-refractivity contribution in [3.8, 4) is 17.0 Å². The van der Waals surface area contributed by atoms with Gasteiger partial charge >= 0.3 is 0 Å². The number of nitrogens with two attached hydrogens (primary N) is 1. The average molecular weight is 499 g/mol. The van der Waals surface area contributed by atoms with Crippen molar-refractivity contribution in [1.29, 1.82) is 0 Å². The molecule has 4 rings (SSSR count). The molecule has 0 aliphatic heterocycles. The molecule has 0 saturated heterocycles. The number of halogens is 2. The van der Waals surface area contributed by atoms with Gasteiger partial charge in [0.05, 0.1) is 52.8 Å². The summed E-state index contributed by atoms with van der Waals surface area (Å²) in [7, 11) is 5.41. The minimum atomic E-state index is -0.373. The van der Waals surface area contributed by atoms with E-state index in [1.165, 1.54) is 0 Å². The molecule has 4 aromatic rings. The van der Waals surface area contributed by atoms with Crippen molar-refractivity contribution in [3.05, 3.63) is 53.9 Å². The van der Waals surface area contributed by atoms with Crippen LogP contribution < -0.4 is 20.7 Å². The van der Waals surface area contributed by atoms with Crippen molar-refractivity contribution >= 4 is 40.1 Å². The number of rotatable bonds is 10. The van der Waals surface area contributed by atoms with Crippen LogP contribution in [0.25, 0.3) is 16.8 Å². The fourth-order valence-corrected chi connectivity index (χ4v) is 3.93. The van der Waals surface area contributed by atoms with Crippen LogP contribution in [-0.2, 0) is 0 Å². The lowest BCUT2D eigenvalue weighted by Crippen LogP contribution is -2.32. The minimum absolute atomic E-state index is 0.339. The minimum Gasteiger partial charge on any atom is -0.494 e. The summed E-state index contributed by atoms with van der Waals surface area (Å²) >= 11 is 6.44. The number of likely N-dealkylation sites (N-methyl/N-ethyl adjacent to an activating group) is 2. The molecule has 184 valence electrons. The smallest absolute Gasteiger partial charge is 0.227 e. The van der Waals surface area contributed by atoms with Crippen LogP contribution in [-0.4, -0.2) is 72.0 Å². The maximum atomic E-state index is 12.6. The third-order valence-electron chi connectivity index (χ3n) is 5.72. The van der Waals surface area contributed by atoms with E-state index in [0.29, 0.717) is 53.4 Å². The van der Waals surface area contributed by atoms with Gasteiger partial charge in [-0.25, -0.2) is 18.9 Å². The summed E-state index contributed by atoms with van der Waals surface area (Å²) < 4.78 is 19.9. The zero-order valence-electron chi connectivity index (χ0n) is 19.9. The van der Waals surface area contributed by atoms with Crippen molar-refractivity contribution in [3.63, 3.8) is 0 Å². The second-order valence-electron chi connectivity index (χ2n) is 8.13. The Balaban J connectivity index is 1.59. The maximum absolute atomic E-state index is 12.6. The normalized spacial score (nSPS) is 11.3. The molecular formula is C24H28ClFN8O. The van der Waals surface area contributed by atoms with Crippen LogP contribution in [0.15, 0.2) is 48.9 Å². The molecule has 11 heteroatoms. The number of alkyl halides is 1. The number of anilines is 4. The predicted molar refractivity (Wildman–Crippen MR) is 139 cm³/mol. The predicted octanol–water partition coefficient (Wildman–Crippen LogP) is 4.12. The number of nitrogens with zero attached hydrogens (tertiary/aromatic N) is 6. The van der Waals surface area contributed by atoms with Crippen LogP contribution in [0, 0.1) is 0 Å². The molecule has 0 atom stereocenters. The van der Waals surface area contributed by atoms with Gasteiger partial charge in [-0.05, 0) is 25.2 Å². The van der Waals surface area contributed by atoms with Crippen molar-refractivity contribution in [1.82, 2.24) is 24.5 Å². The van der Waals surface area contributed by atoms with Crippen molar-refractivity contribution in [2.45, 2.75) is 0 Å². The lowest BCUT2D eigenvalue weighted by Gasteiger charge is -2.25. The third-order valence-corrected chi connectivity index (χ3v) is 5.99. The number of aromatic nitrogens is 4. The van der Waals surface area contributed by atoms with Crippen LogP contribution in [0.2, 0.25) is 5.02 Å². The molecule has 0 radical (unpaired) electrons. The van der Waals surface area contributed by atoms with Crippen molar-refractivity contribution in [2.75, 3.05) is 63.5 Å². The van der Waals surface area contributed by atoms with Gasteiger partial charge in [0.1, 0.15) is 12.4 Å². The summed E-state index contributed by atoms with van der Waals surface area (Å²) in [6, 6.07) is 9.42. The average Bonchev–Trinajstić information content (AvgIpc) is 3.28. The molecule has 35 heavy (non-hydrogen) atoms. The first-order valence-corrected chi connectivity index (χ1v) is 11.4. The van der Waals surface area contributed by atoms with E-state index in [1.807, 2.05) is 54.4 Å². The van der Waals surface area contributed by atoms with Crippen molar-refractivity contribution in [2.24, 2.45) is 0 Å². The van der Waals surface area contributed by atoms with Crippen LogP contribution >= 0.6 is 11.6 Å². The van der Waals surface area contributed by atoms with Crippen molar-refractivity contribution < 1.29 is 9.13 Å². The largest absolute Gasteiger partial charge is 0.494 e. The van der Waals surface area contributed by atoms with Gasteiger partial charge in [0.25, 0.3) is 0 Å². The molecule has 0 spiro atoms. The number of pyridine rings is 1. The number of methoxy groups -OCH3 is 1. The standard InChI is InChI=1S/C24H28ClFN8O/c1-32(9-7-26)10-11-33(2)21-13-22(35-3)19(12-18(21)27)30-24-28-15-17(25)23(31-24)16-14-29-34-8-5-4-6-20(16)34/h4-6,8,12-15H,7,9-11,27H2,1-3H3,(H,28,30,31). The number of nitrogen functional groups attached to an aromatic ring is 1. The number of hydrogen-bond acceptors (Lipinski definition) is 8. The van der Waals surface area contributed by atoms with Crippen LogP contribution in [0.3, 0.4) is 0 Å². The van der Waals surface area contributed by atoms with Gasteiger partial charge in [0, 0.05) is 44.5 Å². The zero-order chi connectivity index (χ0) is 24.9. The number of benzene rings is 1. The van der Waals surface area contributed by atoms with Gasteiger partial charge in [-0.2, -0.15) is 5.10 Å².